The molecule has 1 heterocycles. The Kier molecular flexibility index (Phi) is 5.03. The topological polar surface area (TPSA) is 72.4 Å². The van der Waals surface area contributed by atoms with Gasteiger partial charge in [-0.15, -0.1) is 0 Å². The van der Waals surface area contributed by atoms with Crippen LogP contribution < -0.4 is 5.73 Å². The van der Waals surface area contributed by atoms with E-state index >= 15 is 0 Å². The maximum atomic E-state index is 11.2. The van der Waals surface area contributed by atoms with Crippen LogP contribution in [0.15, 0.2) is 24.3 Å². The van der Waals surface area contributed by atoms with Gasteiger partial charge in [-0.2, -0.15) is 0 Å². The molecule has 0 radical (unpaired) electrons. The summed E-state index contributed by atoms with van der Waals surface area (Å²) in [6.45, 7) is 1.77. The molecule has 2 rings (SSSR count). The van der Waals surface area contributed by atoms with Gasteiger partial charge in [0.15, 0.2) is 0 Å². The average molecular weight is 293 g/mol. The summed E-state index contributed by atoms with van der Waals surface area (Å²) in [7, 11) is 0. The molecule has 0 aliphatic carbocycles. The van der Waals surface area contributed by atoms with E-state index in [0.717, 1.165) is 25.9 Å². The molecule has 1 unspecified atom stereocenters. The average Bonchev–Trinajstić information content (AvgIpc) is 2.68. The van der Waals surface area contributed by atoms with Gasteiger partial charge in [0.25, 0.3) is 5.69 Å². The molecule has 1 fully saturated rings. The van der Waals surface area contributed by atoms with E-state index < -0.39 is 0 Å². The Balaban J connectivity index is 2.37. The fourth-order valence-electron chi connectivity index (χ4n) is 2.77. The summed E-state index contributed by atoms with van der Waals surface area (Å²) in [4.78, 5) is 13.3. The monoisotopic (exact) mass is 293 g/mol. The third-order valence-corrected chi connectivity index (χ3v) is 3.93. The molecule has 0 bridgehead atoms. The van der Waals surface area contributed by atoms with Crippen LogP contribution in [0.2, 0.25) is 0 Å². The second-order valence-corrected chi connectivity index (χ2v) is 5.54. The zero-order valence-corrected chi connectivity index (χ0v) is 12.1. The molecule has 1 aliphatic heterocycles. The zero-order chi connectivity index (χ0) is 14.5. The van der Waals surface area contributed by atoms with Crippen LogP contribution in [0.3, 0.4) is 0 Å². The Hall–Kier alpha value is -1.53. The number of nitro benzene ring substituents is 1. The number of likely N-dealkylation sites (tertiary alicyclic amines) is 1. The van der Waals surface area contributed by atoms with Gasteiger partial charge in [-0.1, -0.05) is 43.3 Å². The van der Waals surface area contributed by atoms with Gasteiger partial charge in [-0.05, 0) is 25.9 Å². The molecule has 2 N–H and O–H groups in total. The summed E-state index contributed by atoms with van der Waals surface area (Å²) >= 11 is 5.18. The smallest absolute Gasteiger partial charge is 0.274 e. The molecule has 1 atom stereocenters. The lowest BCUT2D eigenvalue weighted by atomic mass is 10.0. The standard InChI is InChI=1S/C14H19N3O2S/c15-14(20)13(16-9-5-1-2-6-10-16)11-7-3-4-8-12(11)17(18)19/h3-4,7-8,13H,1-2,5-6,9-10H2,(H2,15,20). The van der Waals surface area contributed by atoms with Crippen LogP contribution in [0.25, 0.3) is 0 Å². The highest BCUT2D eigenvalue weighted by Crippen LogP contribution is 2.31. The van der Waals surface area contributed by atoms with E-state index in [1.165, 1.54) is 18.9 Å². The highest BCUT2D eigenvalue weighted by atomic mass is 32.1. The third-order valence-electron chi connectivity index (χ3n) is 3.70. The molecule has 0 spiro atoms. The van der Waals surface area contributed by atoms with Crippen LogP contribution in [-0.4, -0.2) is 27.9 Å². The van der Waals surface area contributed by atoms with E-state index in [0.29, 0.717) is 10.6 Å². The molecule has 0 amide bonds. The van der Waals surface area contributed by atoms with Crippen molar-refractivity contribution < 1.29 is 4.92 Å². The van der Waals surface area contributed by atoms with Crippen LogP contribution in [0.5, 0.6) is 0 Å². The van der Waals surface area contributed by atoms with Crippen LogP contribution in [0.1, 0.15) is 37.3 Å². The lowest BCUT2D eigenvalue weighted by Gasteiger charge is -2.29. The van der Waals surface area contributed by atoms with Crippen molar-refractivity contribution in [2.24, 2.45) is 5.73 Å². The number of benzene rings is 1. The Morgan fingerprint density at radius 3 is 2.40 bits per heavy atom. The van der Waals surface area contributed by atoms with Crippen molar-refractivity contribution in [1.29, 1.82) is 0 Å². The first-order valence-electron chi connectivity index (χ1n) is 6.88. The largest absolute Gasteiger partial charge is 0.392 e. The SMILES string of the molecule is NC(=S)C(c1ccccc1[N+](=O)[O-])N1CCCCCC1. The van der Waals surface area contributed by atoms with Gasteiger partial charge in [0, 0.05) is 6.07 Å². The van der Waals surface area contributed by atoms with E-state index in [-0.39, 0.29) is 16.7 Å². The number of nitrogens with zero attached hydrogens (tertiary/aromatic N) is 2. The van der Waals surface area contributed by atoms with Crippen molar-refractivity contribution in [3.63, 3.8) is 0 Å². The molecule has 108 valence electrons. The van der Waals surface area contributed by atoms with Crippen LogP contribution in [-0.2, 0) is 0 Å². The molecule has 1 aromatic rings. The number of thiocarbonyl (C=S) groups is 1. The summed E-state index contributed by atoms with van der Waals surface area (Å²) in [5.41, 5.74) is 6.58. The molecule has 0 saturated carbocycles. The third kappa shape index (κ3) is 3.32. The second-order valence-electron chi connectivity index (χ2n) is 5.07. The lowest BCUT2D eigenvalue weighted by Crippen LogP contribution is -2.37. The number of hydrogen-bond donors (Lipinski definition) is 1. The molecule has 6 heteroatoms. The van der Waals surface area contributed by atoms with Crippen molar-refractivity contribution >= 4 is 22.9 Å². The molecule has 0 aromatic heterocycles. The van der Waals surface area contributed by atoms with Crippen molar-refractivity contribution in [3.8, 4) is 0 Å². The summed E-state index contributed by atoms with van der Waals surface area (Å²) in [5.74, 6) is 0. The van der Waals surface area contributed by atoms with Crippen molar-refractivity contribution in [3.05, 3.63) is 39.9 Å². The number of nitrogens with two attached hydrogens (primary N) is 1. The molecule has 5 nitrogen and oxygen atoms in total. The first-order valence-corrected chi connectivity index (χ1v) is 7.29. The number of para-hydroxylation sites is 1. The Labute approximate surface area is 123 Å². The Morgan fingerprint density at radius 1 is 1.25 bits per heavy atom. The Bertz CT molecular complexity index is 499. The van der Waals surface area contributed by atoms with Gasteiger partial charge in [-0.3, -0.25) is 15.0 Å². The first kappa shape index (κ1) is 14.9. The first-order chi connectivity index (χ1) is 9.61. The minimum Gasteiger partial charge on any atom is -0.392 e. The predicted octanol–water partition coefficient (Wildman–Crippen LogP) is 2.80. The molecule has 1 saturated heterocycles. The predicted molar refractivity (Wildman–Crippen MR) is 82.7 cm³/mol. The fourth-order valence-corrected chi connectivity index (χ4v) is 3.04. The normalized spacial score (nSPS) is 18.2. The van der Waals surface area contributed by atoms with E-state index in [1.54, 1.807) is 18.2 Å². The quantitative estimate of drug-likeness (QED) is 0.525. The van der Waals surface area contributed by atoms with Crippen LogP contribution in [0.4, 0.5) is 5.69 Å². The van der Waals surface area contributed by atoms with Gasteiger partial charge in [0.1, 0.15) is 0 Å². The number of hydrogen-bond acceptors (Lipinski definition) is 4. The van der Waals surface area contributed by atoms with Gasteiger partial charge in [-0.25, -0.2) is 0 Å². The van der Waals surface area contributed by atoms with Gasteiger partial charge in [0.05, 0.1) is 21.5 Å². The molecular formula is C14H19N3O2S. The number of rotatable bonds is 4. The highest BCUT2D eigenvalue weighted by Gasteiger charge is 2.29. The maximum absolute atomic E-state index is 11.2. The molecule has 1 aliphatic rings. The lowest BCUT2D eigenvalue weighted by molar-refractivity contribution is -0.385. The summed E-state index contributed by atoms with van der Waals surface area (Å²) < 4.78 is 0. The van der Waals surface area contributed by atoms with Gasteiger partial charge >= 0.3 is 0 Å². The van der Waals surface area contributed by atoms with Crippen molar-refractivity contribution in [2.75, 3.05) is 13.1 Å². The number of nitro groups is 1. The van der Waals surface area contributed by atoms with Crippen molar-refractivity contribution in [1.82, 2.24) is 4.90 Å². The summed E-state index contributed by atoms with van der Waals surface area (Å²) in [6, 6.07) is 6.39. The maximum Gasteiger partial charge on any atom is 0.274 e. The zero-order valence-electron chi connectivity index (χ0n) is 11.3. The van der Waals surface area contributed by atoms with Crippen LogP contribution >= 0.6 is 12.2 Å². The van der Waals surface area contributed by atoms with E-state index in [4.69, 9.17) is 18.0 Å². The van der Waals surface area contributed by atoms with Gasteiger partial charge < -0.3 is 5.73 Å². The minimum absolute atomic E-state index is 0.0922. The minimum atomic E-state index is -0.363. The molecule has 20 heavy (non-hydrogen) atoms. The van der Waals surface area contributed by atoms with Crippen LogP contribution in [0, 0.1) is 10.1 Å². The second kappa shape index (κ2) is 6.76. The van der Waals surface area contributed by atoms with Gasteiger partial charge in [0.2, 0.25) is 0 Å². The molecule has 1 aromatic carbocycles. The summed E-state index contributed by atoms with van der Waals surface area (Å²) in [6.07, 6.45) is 4.55. The van der Waals surface area contributed by atoms with E-state index in [1.807, 2.05) is 0 Å². The van der Waals surface area contributed by atoms with E-state index in [9.17, 15) is 10.1 Å². The molecular weight excluding hydrogens is 274 g/mol. The van der Waals surface area contributed by atoms with E-state index in [2.05, 4.69) is 4.90 Å². The van der Waals surface area contributed by atoms with Crippen molar-refractivity contribution in [2.45, 2.75) is 31.7 Å². The summed E-state index contributed by atoms with van der Waals surface area (Å²) in [5, 5.41) is 11.2. The Morgan fingerprint density at radius 2 is 1.85 bits per heavy atom. The fraction of sp³-hybridized carbons (Fsp3) is 0.500. The highest BCUT2D eigenvalue weighted by molar-refractivity contribution is 7.80.